The van der Waals surface area contributed by atoms with Gasteiger partial charge in [0.05, 0.1) is 6.42 Å². The molecule has 0 spiro atoms. The van der Waals surface area contributed by atoms with Crippen molar-refractivity contribution < 1.29 is 23.5 Å². The van der Waals surface area contributed by atoms with Crippen LogP contribution in [0.1, 0.15) is 38.2 Å². The van der Waals surface area contributed by atoms with Crippen molar-refractivity contribution in [2.24, 2.45) is 5.41 Å². The number of fused-ring (bicyclic) bond motifs is 1. The van der Waals surface area contributed by atoms with Gasteiger partial charge in [-0.3, -0.25) is 4.79 Å². The van der Waals surface area contributed by atoms with E-state index in [2.05, 4.69) is 0 Å². The first-order valence-corrected chi connectivity index (χ1v) is 8.49. The average Bonchev–Trinajstić information content (AvgIpc) is 2.92. The molecule has 0 N–H and O–H groups in total. The van der Waals surface area contributed by atoms with Crippen molar-refractivity contribution in [2.45, 2.75) is 44.8 Å². The summed E-state index contributed by atoms with van der Waals surface area (Å²) in [6.45, 7) is 1.89. The predicted molar refractivity (Wildman–Crippen MR) is 89.9 cm³/mol. The second kappa shape index (κ2) is 6.82. The number of benzene rings is 1. The summed E-state index contributed by atoms with van der Waals surface area (Å²) in [4.78, 5) is 24.0. The monoisotopic (exact) mass is 344 g/mol. The first-order chi connectivity index (χ1) is 12.0. The number of carbonyl (C=O) groups excluding carboxylic acids is 2. The van der Waals surface area contributed by atoms with Gasteiger partial charge in [0.25, 0.3) is 0 Å². The van der Waals surface area contributed by atoms with E-state index in [1.54, 1.807) is 24.3 Å². The Morgan fingerprint density at radius 1 is 1.40 bits per heavy atom. The molecule has 3 rings (SSSR count). The van der Waals surface area contributed by atoms with E-state index < -0.39 is 17.4 Å². The fourth-order valence-electron chi connectivity index (χ4n) is 3.71. The Morgan fingerprint density at radius 3 is 2.96 bits per heavy atom. The van der Waals surface area contributed by atoms with Gasteiger partial charge in [0.2, 0.25) is 0 Å². The third kappa shape index (κ3) is 3.23. The molecule has 1 aromatic carbocycles. The molecule has 0 amide bonds. The minimum atomic E-state index is -0.895. The standard InChI is InChI=1S/C20H21FO4/c1-2-19-10-5-6-11-20(19,25-18(23)13-19)12-9-17(22)24-14-15-7-3-4-8-16(15)21/h3-4,6-9,11-12H,2,5,10,13-14H2,1H3/b12-9+/t19-,20+/m0/s1. The molecule has 1 fully saturated rings. The molecule has 0 aromatic heterocycles. The Hall–Kier alpha value is -2.43. The molecule has 2 atom stereocenters. The molecule has 0 bridgehead atoms. The van der Waals surface area contributed by atoms with Crippen LogP contribution >= 0.6 is 0 Å². The summed E-state index contributed by atoms with van der Waals surface area (Å²) < 4.78 is 24.3. The Bertz CT molecular complexity index is 739. The Labute approximate surface area is 146 Å². The van der Waals surface area contributed by atoms with Crippen LogP contribution in [0.2, 0.25) is 0 Å². The maximum atomic E-state index is 13.6. The lowest BCUT2D eigenvalue weighted by atomic mass is 9.64. The van der Waals surface area contributed by atoms with E-state index in [0.29, 0.717) is 12.0 Å². The van der Waals surface area contributed by atoms with E-state index in [1.165, 1.54) is 12.1 Å². The average molecular weight is 344 g/mol. The molecule has 1 aliphatic carbocycles. The lowest BCUT2D eigenvalue weighted by Gasteiger charge is -2.41. The topological polar surface area (TPSA) is 52.6 Å². The van der Waals surface area contributed by atoms with Gasteiger partial charge in [-0.1, -0.05) is 31.2 Å². The molecule has 132 valence electrons. The van der Waals surface area contributed by atoms with Crippen LogP contribution in [0, 0.1) is 11.2 Å². The second-order valence-corrected chi connectivity index (χ2v) is 6.55. The molecule has 0 unspecified atom stereocenters. The van der Waals surface area contributed by atoms with Gasteiger partial charge in [-0.05, 0) is 37.5 Å². The number of rotatable bonds is 5. The van der Waals surface area contributed by atoms with Crippen LogP contribution in [0.15, 0.2) is 48.6 Å². The van der Waals surface area contributed by atoms with E-state index in [9.17, 15) is 14.0 Å². The maximum absolute atomic E-state index is 13.6. The van der Waals surface area contributed by atoms with Gasteiger partial charge in [-0.15, -0.1) is 0 Å². The van der Waals surface area contributed by atoms with Crippen molar-refractivity contribution >= 4 is 11.9 Å². The SMILES string of the molecule is CC[C@@]12CCC=C[C@]1(/C=C/C(=O)OCc1ccccc1F)OC(=O)C2. The Balaban J connectivity index is 1.72. The summed E-state index contributed by atoms with van der Waals surface area (Å²) >= 11 is 0. The number of carbonyl (C=O) groups is 2. The Kier molecular flexibility index (Phi) is 4.75. The second-order valence-electron chi connectivity index (χ2n) is 6.55. The maximum Gasteiger partial charge on any atom is 0.330 e. The van der Waals surface area contributed by atoms with Crippen LogP contribution in [-0.4, -0.2) is 17.5 Å². The van der Waals surface area contributed by atoms with E-state index >= 15 is 0 Å². The van der Waals surface area contributed by atoms with Gasteiger partial charge in [0.15, 0.2) is 5.60 Å². The van der Waals surface area contributed by atoms with Gasteiger partial charge >= 0.3 is 11.9 Å². The summed E-state index contributed by atoms with van der Waals surface area (Å²) in [6, 6.07) is 6.14. The fraction of sp³-hybridized carbons (Fsp3) is 0.400. The van der Waals surface area contributed by atoms with E-state index in [0.717, 1.165) is 19.3 Å². The van der Waals surface area contributed by atoms with Crippen molar-refractivity contribution in [1.82, 2.24) is 0 Å². The molecular weight excluding hydrogens is 323 g/mol. The molecule has 1 aliphatic heterocycles. The molecule has 0 saturated carbocycles. The van der Waals surface area contributed by atoms with Crippen molar-refractivity contribution in [3.63, 3.8) is 0 Å². The lowest BCUT2D eigenvalue weighted by Crippen LogP contribution is -2.43. The summed E-state index contributed by atoms with van der Waals surface area (Å²) in [5, 5.41) is 0. The highest BCUT2D eigenvalue weighted by Crippen LogP contribution is 2.54. The van der Waals surface area contributed by atoms with E-state index in [1.807, 2.05) is 19.1 Å². The number of halogens is 1. The van der Waals surface area contributed by atoms with Gasteiger partial charge in [0, 0.05) is 17.1 Å². The normalized spacial score (nSPS) is 28.0. The zero-order valence-corrected chi connectivity index (χ0v) is 14.2. The van der Waals surface area contributed by atoms with Crippen molar-refractivity contribution in [2.75, 3.05) is 0 Å². The van der Waals surface area contributed by atoms with Crippen LogP contribution < -0.4 is 0 Å². The molecule has 1 saturated heterocycles. The molecule has 2 aliphatic rings. The molecule has 0 radical (unpaired) electrons. The summed E-state index contributed by atoms with van der Waals surface area (Å²) in [5.74, 6) is -1.26. The van der Waals surface area contributed by atoms with E-state index in [4.69, 9.17) is 9.47 Å². The minimum absolute atomic E-state index is 0.141. The summed E-state index contributed by atoms with van der Waals surface area (Å²) in [5.41, 5.74) is -0.898. The van der Waals surface area contributed by atoms with E-state index in [-0.39, 0.29) is 18.0 Å². The molecule has 4 nitrogen and oxygen atoms in total. The van der Waals surface area contributed by atoms with Crippen molar-refractivity contribution in [3.05, 3.63) is 60.0 Å². The van der Waals surface area contributed by atoms with Gasteiger partial charge < -0.3 is 9.47 Å². The fourth-order valence-corrected chi connectivity index (χ4v) is 3.71. The first-order valence-electron chi connectivity index (χ1n) is 8.49. The zero-order valence-electron chi connectivity index (χ0n) is 14.2. The summed E-state index contributed by atoms with van der Waals surface area (Å²) in [6.07, 6.45) is 9.58. The third-order valence-corrected chi connectivity index (χ3v) is 5.22. The van der Waals surface area contributed by atoms with Crippen LogP contribution in [0.3, 0.4) is 0 Å². The third-order valence-electron chi connectivity index (χ3n) is 5.22. The highest BCUT2D eigenvalue weighted by atomic mass is 19.1. The zero-order chi connectivity index (χ0) is 17.9. The highest BCUT2D eigenvalue weighted by Gasteiger charge is 2.57. The smallest absolute Gasteiger partial charge is 0.330 e. The Morgan fingerprint density at radius 2 is 2.20 bits per heavy atom. The number of ether oxygens (including phenoxy) is 2. The largest absolute Gasteiger partial charge is 0.458 e. The molecule has 1 aromatic rings. The molecular formula is C20H21FO4. The van der Waals surface area contributed by atoms with Crippen molar-refractivity contribution in [3.8, 4) is 0 Å². The van der Waals surface area contributed by atoms with Crippen LogP contribution in [0.4, 0.5) is 4.39 Å². The lowest BCUT2D eigenvalue weighted by molar-refractivity contribution is -0.145. The quantitative estimate of drug-likeness (QED) is 0.462. The van der Waals surface area contributed by atoms with Crippen LogP contribution in [-0.2, 0) is 25.7 Å². The van der Waals surface area contributed by atoms with Gasteiger partial charge in [-0.2, -0.15) is 0 Å². The molecule has 25 heavy (non-hydrogen) atoms. The number of allylic oxidation sites excluding steroid dienone is 1. The first kappa shape index (κ1) is 17.4. The predicted octanol–water partition coefficient (Wildman–Crippen LogP) is 3.86. The minimum Gasteiger partial charge on any atom is -0.458 e. The molecule has 1 heterocycles. The number of hydrogen-bond acceptors (Lipinski definition) is 4. The highest BCUT2D eigenvalue weighted by molar-refractivity contribution is 5.83. The van der Waals surface area contributed by atoms with Gasteiger partial charge in [0.1, 0.15) is 12.4 Å². The summed E-state index contributed by atoms with van der Waals surface area (Å²) in [7, 11) is 0. The number of esters is 2. The van der Waals surface area contributed by atoms with Crippen molar-refractivity contribution in [1.29, 1.82) is 0 Å². The van der Waals surface area contributed by atoms with Crippen LogP contribution in [0.5, 0.6) is 0 Å². The van der Waals surface area contributed by atoms with Gasteiger partial charge in [-0.25, -0.2) is 9.18 Å². The molecule has 5 heteroatoms. The van der Waals surface area contributed by atoms with Crippen LogP contribution in [0.25, 0.3) is 0 Å². The number of hydrogen-bond donors (Lipinski definition) is 0.